The summed E-state index contributed by atoms with van der Waals surface area (Å²) in [5, 5.41) is 2.82. The summed E-state index contributed by atoms with van der Waals surface area (Å²) < 4.78 is 10.4. The van der Waals surface area contributed by atoms with Crippen molar-refractivity contribution in [3.8, 4) is 11.5 Å². The lowest BCUT2D eigenvalue weighted by molar-refractivity contribution is 0.102. The third kappa shape index (κ3) is 4.84. The predicted molar refractivity (Wildman–Crippen MR) is 102 cm³/mol. The zero-order valence-electron chi connectivity index (χ0n) is 15.8. The lowest BCUT2D eigenvalue weighted by atomic mass is 10.2. The lowest BCUT2D eigenvalue weighted by Crippen LogP contribution is -2.27. The molecule has 0 bridgehead atoms. The molecule has 1 N–H and O–H groups in total. The molecule has 0 unspecified atom stereocenters. The van der Waals surface area contributed by atoms with Crippen LogP contribution in [0.5, 0.6) is 11.5 Å². The molecule has 1 amide bonds. The Labute approximate surface area is 154 Å². The molecule has 0 atom stereocenters. The van der Waals surface area contributed by atoms with Crippen LogP contribution in [0.25, 0.3) is 0 Å². The third-order valence-corrected chi connectivity index (χ3v) is 3.81. The summed E-state index contributed by atoms with van der Waals surface area (Å²) in [6.45, 7) is 6.03. The molecule has 0 radical (unpaired) electrons. The molecule has 2 rings (SSSR count). The topological polar surface area (TPSA) is 76.6 Å². The van der Waals surface area contributed by atoms with Gasteiger partial charge in [0, 0.05) is 37.2 Å². The second-order valence-electron chi connectivity index (χ2n) is 5.78. The molecular formula is C19H26N4O3. The largest absolute Gasteiger partial charge is 0.493 e. The first kappa shape index (κ1) is 19.5. The first-order valence-corrected chi connectivity index (χ1v) is 8.73. The van der Waals surface area contributed by atoms with Gasteiger partial charge in [-0.15, -0.1) is 0 Å². The van der Waals surface area contributed by atoms with E-state index in [0.29, 0.717) is 28.7 Å². The summed E-state index contributed by atoms with van der Waals surface area (Å²) in [5.74, 6) is 1.52. The van der Waals surface area contributed by atoms with Crippen LogP contribution in [0, 0.1) is 0 Å². The fourth-order valence-corrected chi connectivity index (χ4v) is 2.57. The Morgan fingerprint density at radius 2 is 1.65 bits per heavy atom. The van der Waals surface area contributed by atoms with E-state index >= 15 is 0 Å². The van der Waals surface area contributed by atoms with Gasteiger partial charge in [-0.05, 0) is 25.0 Å². The van der Waals surface area contributed by atoms with Gasteiger partial charge in [0.2, 0.25) is 5.95 Å². The van der Waals surface area contributed by atoms with Gasteiger partial charge in [-0.3, -0.25) is 4.79 Å². The van der Waals surface area contributed by atoms with Crippen molar-refractivity contribution in [2.75, 3.05) is 37.5 Å². The van der Waals surface area contributed by atoms with Gasteiger partial charge in [0.05, 0.1) is 19.8 Å². The van der Waals surface area contributed by atoms with Crippen molar-refractivity contribution in [2.24, 2.45) is 0 Å². The second kappa shape index (κ2) is 9.60. The molecular weight excluding hydrogens is 332 g/mol. The van der Waals surface area contributed by atoms with Crippen LogP contribution in [0.2, 0.25) is 0 Å². The van der Waals surface area contributed by atoms with Gasteiger partial charge in [0.1, 0.15) is 0 Å². The van der Waals surface area contributed by atoms with Crippen LogP contribution < -0.4 is 19.7 Å². The summed E-state index contributed by atoms with van der Waals surface area (Å²) in [6, 6.07) is 5.19. The van der Waals surface area contributed by atoms with Crippen molar-refractivity contribution in [1.82, 2.24) is 9.97 Å². The zero-order chi connectivity index (χ0) is 18.9. The SMILES string of the molecule is CCCN(CCC)c1ncc(C(=O)Nc2ccc(OC)c(OC)c2)cn1. The molecule has 0 saturated heterocycles. The van der Waals surface area contributed by atoms with Crippen LogP contribution in [0.15, 0.2) is 30.6 Å². The molecule has 26 heavy (non-hydrogen) atoms. The Kier molecular flexibility index (Phi) is 7.20. The minimum atomic E-state index is -0.277. The highest BCUT2D eigenvalue weighted by molar-refractivity contribution is 6.04. The number of rotatable bonds is 9. The number of carbonyl (C=O) groups excluding carboxylic acids is 1. The van der Waals surface area contributed by atoms with E-state index in [-0.39, 0.29) is 5.91 Å². The number of methoxy groups -OCH3 is 2. The molecule has 1 aromatic heterocycles. The zero-order valence-corrected chi connectivity index (χ0v) is 15.8. The van der Waals surface area contributed by atoms with E-state index in [1.54, 1.807) is 44.8 Å². The fraction of sp³-hybridized carbons (Fsp3) is 0.421. The minimum Gasteiger partial charge on any atom is -0.493 e. The van der Waals surface area contributed by atoms with Crippen molar-refractivity contribution < 1.29 is 14.3 Å². The van der Waals surface area contributed by atoms with Gasteiger partial charge < -0.3 is 19.7 Å². The molecule has 0 spiro atoms. The summed E-state index contributed by atoms with van der Waals surface area (Å²) in [6.07, 6.45) is 5.14. The van der Waals surface area contributed by atoms with E-state index in [0.717, 1.165) is 25.9 Å². The quantitative estimate of drug-likeness (QED) is 0.741. The molecule has 0 aliphatic carbocycles. The smallest absolute Gasteiger partial charge is 0.258 e. The monoisotopic (exact) mass is 358 g/mol. The highest BCUT2D eigenvalue weighted by Gasteiger charge is 2.12. The van der Waals surface area contributed by atoms with Crippen molar-refractivity contribution in [2.45, 2.75) is 26.7 Å². The van der Waals surface area contributed by atoms with E-state index in [1.165, 1.54) is 0 Å². The molecule has 1 aromatic carbocycles. The highest BCUT2D eigenvalue weighted by Crippen LogP contribution is 2.29. The van der Waals surface area contributed by atoms with Crippen LogP contribution >= 0.6 is 0 Å². The number of hydrogen-bond donors (Lipinski definition) is 1. The van der Waals surface area contributed by atoms with Gasteiger partial charge in [0.25, 0.3) is 5.91 Å². The van der Waals surface area contributed by atoms with Crippen molar-refractivity contribution in [3.05, 3.63) is 36.2 Å². The molecule has 0 saturated carbocycles. The molecule has 0 aliphatic heterocycles. The van der Waals surface area contributed by atoms with Crippen LogP contribution in [0.4, 0.5) is 11.6 Å². The highest BCUT2D eigenvalue weighted by atomic mass is 16.5. The Bertz CT molecular complexity index is 713. The number of anilines is 2. The Balaban J connectivity index is 2.10. The Morgan fingerprint density at radius 3 is 2.19 bits per heavy atom. The first-order valence-electron chi connectivity index (χ1n) is 8.73. The van der Waals surface area contributed by atoms with E-state index < -0.39 is 0 Å². The average Bonchev–Trinajstić information content (AvgIpc) is 2.67. The Hall–Kier alpha value is -2.83. The normalized spacial score (nSPS) is 10.3. The van der Waals surface area contributed by atoms with Gasteiger partial charge in [-0.2, -0.15) is 0 Å². The number of aromatic nitrogens is 2. The number of benzene rings is 1. The number of nitrogens with zero attached hydrogens (tertiary/aromatic N) is 3. The van der Waals surface area contributed by atoms with E-state index in [1.807, 2.05) is 0 Å². The minimum absolute atomic E-state index is 0.277. The Morgan fingerprint density at radius 1 is 1.04 bits per heavy atom. The number of hydrogen-bond acceptors (Lipinski definition) is 6. The standard InChI is InChI=1S/C19H26N4O3/c1-5-9-23(10-6-2)19-20-12-14(13-21-19)18(24)22-15-7-8-16(25-3)17(11-15)26-4/h7-8,11-13H,5-6,9-10H2,1-4H3,(H,22,24). The van der Waals surface area contributed by atoms with Gasteiger partial charge in [0.15, 0.2) is 11.5 Å². The average molecular weight is 358 g/mol. The number of ether oxygens (including phenoxy) is 2. The maximum Gasteiger partial charge on any atom is 0.258 e. The number of carbonyl (C=O) groups is 1. The lowest BCUT2D eigenvalue weighted by Gasteiger charge is -2.21. The summed E-state index contributed by atoms with van der Waals surface area (Å²) in [4.78, 5) is 23.2. The fourth-order valence-electron chi connectivity index (χ4n) is 2.57. The molecule has 1 heterocycles. The maximum absolute atomic E-state index is 12.4. The van der Waals surface area contributed by atoms with Crippen LogP contribution in [-0.4, -0.2) is 43.2 Å². The van der Waals surface area contributed by atoms with Crippen LogP contribution in [0.1, 0.15) is 37.0 Å². The van der Waals surface area contributed by atoms with E-state index in [9.17, 15) is 4.79 Å². The van der Waals surface area contributed by atoms with E-state index in [2.05, 4.69) is 34.0 Å². The van der Waals surface area contributed by atoms with E-state index in [4.69, 9.17) is 9.47 Å². The van der Waals surface area contributed by atoms with Crippen molar-refractivity contribution in [1.29, 1.82) is 0 Å². The first-order chi connectivity index (χ1) is 12.6. The molecule has 0 fully saturated rings. The summed E-state index contributed by atoms with van der Waals surface area (Å²) in [7, 11) is 3.11. The number of amides is 1. The van der Waals surface area contributed by atoms with Gasteiger partial charge in [-0.25, -0.2) is 9.97 Å². The predicted octanol–water partition coefficient (Wildman–Crippen LogP) is 3.37. The summed E-state index contributed by atoms with van der Waals surface area (Å²) >= 11 is 0. The van der Waals surface area contributed by atoms with Gasteiger partial charge >= 0.3 is 0 Å². The number of nitrogens with one attached hydrogen (secondary N) is 1. The van der Waals surface area contributed by atoms with Gasteiger partial charge in [-0.1, -0.05) is 13.8 Å². The molecule has 140 valence electrons. The van der Waals surface area contributed by atoms with Crippen LogP contribution in [-0.2, 0) is 0 Å². The summed E-state index contributed by atoms with van der Waals surface area (Å²) in [5.41, 5.74) is 1.01. The maximum atomic E-state index is 12.4. The van der Waals surface area contributed by atoms with Crippen molar-refractivity contribution in [3.63, 3.8) is 0 Å². The molecule has 7 heteroatoms. The van der Waals surface area contributed by atoms with Crippen molar-refractivity contribution >= 4 is 17.5 Å². The molecule has 0 aliphatic rings. The molecule has 2 aromatic rings. The third-order valence-electron chi connectivity index (χ3n) is 3.81. The second-order valence-corrected chi connectivity index (χ2v) is 5.78. The molecule has 7 nitrogen and oxygen atoms in total. The van der Waals surface area contributed by atoms with Crippen LogP contribution in [0.3, 0.4) is 0 Å².